The number of hydrogen-bond acceptors (Lipinski definition) is 4. The van der Waals surface area contributed by atoms with E-state index in [4.69, 9.17) is 0 Å². The lowest BCUT2D eigenvalue weighted by Crippen LogP contribution is -2.20. The topological polar surface area (TPSA) is 37.3 Å². The van der Waals surface area contributed by atoms with Crippen LogP contribution in [0.5, 0.6) is 0 Å². The fraction of sp³-hybridized carbons (Fsp3) is 0.500. The van der Waals surface area contributed by atoms with Crippen molar-refractivity contribution in [1.29, 1.82) is 0 Å². The van der Waals surface area contributed by atoms with Crippen LogP contribution in [-0.4, -0.2) is 21.9 Å². The van der Waals surface area contributed by atoms with E-state index in [2.05, 4.69) is 22.2 Å². The van der Waals surface area contributed by atoms with E-state index in [1.807, 2.05) is 25.3 Å². The van der Waals surface area contributed by atoms with E-state index in [-0.39, 0.29) is 0 Å². The maximum Gasteiger partial charge on any atom is 0.161 e. The summed E-state index contributed by atoms with van der Waals surface area (Å²) in [6.45, 7) is 4.20. The fourth-order valence-corrected chi connectivity index (χ4v) is 2.64. The average molecular weight is 235 g/mol. The summed E-state index contributed by atoms with van der Waals surface area (Å²) in [7, 11) is 0. The summed E-state index contributed by atoms with van der Waals surface area (Å²) in [5.41, 5.74) is 2.08. The van der Waals surface area contributed by atoms with Crippen molar-refractivity contribution in [3.63, 3.8) is 0 Å². The SMILES string of the molecule is CCC1CCSC(Nc2cccnc2C)=N1. The van der Waals surface area contributed by atoms with Gasteiger partial charge in [-0.25, -0.2) is 0 Å². The minimum atomic E-state index is 0.487. The molecule has 0 bridgehead atoms. The van der Waals surface area contributed by atoms with Crippen molar-refractivity contribution in [2.45, 2.75) is 32.7 Å². The molecule has 1 atom stereocenters. The monoisotopic (exact) mass is 235 g/mol. The van der Waals surface area contributed by atoms with Gasteiger partial charge in [0.15, 0.2) is 5.17 Å². The van der Waals surface area contributed by atoms with E-state index in [0.717, 1.165) is 28.7 Å². The molecule has 0 saturated carbocycles. The number of pyridine rings is 1. The van der Waals surface area contributed by atoms with Crippen LogP contribution in [0.2, 0.25) is 0 Å². The Hall–Kier alpha value is -1.03. The molecule has 0 amide bonds. The lowest BCUT2D eigenvalue weighted by atomic mass is 10.2. The summed E-state index contributed by atoms with van der Waals surface area (Å²) in [6.07, 6.45) is 4.13. The van der Waals surface area contributed by atoms with Crippen LogP contribution in [0.15, 0.2) is 23.3 Å². The molecule has 2 rings (SSSR count). The summed E-state index contributed by atoms with van der Waals surface area (Å²) < 4.78 is 0. The first-order chi connectivity index (χ1) is 7.79. The van der Waals surface area contributed by atoms with Gasteiger partial charge < -0.3 is 5.32 Å². The molecule has 0 aromatic carbocycles. The van der Waals surface area contributed by atoms with E-state index < -0.39 is 0 Å². The molecule has 0 aliphatic carbocycles. The zero-order valence-corrected chi connectivity index (χ0v) is 10.5. The van der Waals surface area contributed by atoms with Gasteiger partial charge in [-0.2, -0.15) is 0 Å². The second kappa shape index (κ2) is 5.34. The van der Waals surface area contributed by atoms with E-state index in [9.17, 15) is 0 Å². The maximum atomic E-state index is 4.68. The number of aliphatic imine (C=N–C) groups is 1. The molecule has 2 heterocycles. The summed E-state index contributed by atoms with van der Waals surface area (Å²) >= 11 is 1.80. The molecule has 1 aromatic heterocycles. The van der Waals surface area contributed by atoms with Crippen LogP contribution in [0.1, 0.15) is 25.5 Å². The molecular formula is C12H17N3S. The number of aromatic nitrogens is 1. The highest BCUT2D eigenvalue weighted by atomic mass is 32.2. The summed E-state index contributed by atoms with van der Waals surface area (Å²) in [5, 5.41) is 4.40. The van der Waals surface area contributed by atoms with E-state index in [0.29, 0.717) is 6.04 Å². The van der Waals surface area contributed by atoms with Gasteiger partial charge in [0.1, 0.15) is 0 Å². The third-order valence-corrected chi connectivity index (χ3v) is 3.63. The zero-order chi connectivity index (χ0) is 11.4. The Bertz CT molecular complexity index is 390. The van der Waals surface area contributed by atoms with Crippen molar-refractivity contribution >= 4 is 22.6 Å². The van der Waals surface area contributed by atoms with Gasteiger partial charge in [-0.3, -0.25) is 9.98 Å². The van der Waals surface area contributed by atoms with Crippen LogP contribution < -0.4 is 5.32 Å². The molecule has 1 unspecified atom stereocenters. The Morgan fingerprint density at radius 2 is 2.44 bits per heavy atom. The van der Waals surface area contributed by atoms with Crippen LogP contribution in [0.3, 0.4) is 0 Å². The molecule has 86 valence electrons. The first-order valence-electron chi connectivity index (χ1n) is 5.69. The van der Waals surface area contributed by atoms with Crippen molar-refractivity contribution in [1.82, 2.24) is 4.98 Å². The lowest BCUT2D eigenvalue weighted by Gasteiger charge is -2.19. The second-order valence-electron chi connectivity index (χ2n) is 3.89. The zero-order valence-electron chi connectivity index (χ0n) is 9.73. The average Bonchev–Trinajstić information content (AvgIpc) is 2.32. The number of anilines is 1. The number of thioether (sulfide) groups is 1. The van der Waals surface area contributed by atoms with Crippen LogP contribution in [0.4, 0.5) is 5.69 Å². The van der Waals surface area contributed by atoms with E-state index >= 15 is 0 Å². The number of nitrogens with one attached hydrogen (secondary N) is 1. The van der Waals surface area contributed by atoms with Crippen molar-refractivity contribution in [2.24, 2.45) is 4.99 Å². The number of aryl methyl sites for hydroxylation is 1. The highest BCUT2D eigenvalue weighted by Gasteiger charge is 2.14. The van der Waals surface area contributed by atoms with Gasteiger partial charge in [0, 0.05) is 11.9 Å². The summed E-state index contributed by atoms with van der Waals surface area (Å²) in [5.74, 6) is 1.16. The Morgan fingerprint density at radius 1 is 1.56 bits per heavy atom. The van der Waals surface area contributed by atoms with Crippen molar-refractivity contribution in [3.05, 3.63) is 24.0 Å². The van der Waals surface area contributed by atoms with Crippen LogP contribution in [0, 0.1) is 6.92 Å². The molecule has 1 aromatic rings. The molecule has 0 radical (unpaired) electrons. The lowest BCUT2D eigenvalue weighted by molar-refractivity contribution is 0.634. The van der Waals surface area contributed by atoms with Crippen LogP contribution in [0.25, 0.3) is 0 Å². The van der Waals surface area contributed by atoms with Crippen LogP contribution >= 0.6 is 11.8 Å². The van der Waals surface area contributed by atoms with Gasteiger partial charge in [-0.05, 0) is 31.9 Å². The van der Waals surface area contributed by atoms with Gasteiger partial charge in [-0.15, -0.1) is 0 Å². The minimum absolute atomic E-state index is 0.487. The predicted octanol–water partition coefficient (Wildman–Crippen LogP) is 3.07. The highest BCUT2D eigenvalue weighted by Crippen LogP contribution is 2.21. The Labute approximate surface area is 101 Å². The van der Waals surface area contributed by atoms with Gasteiger partial charge in [0.2, 0.25) is 0 Å². The molecule has 1 aliphatic heterocycles. The van der Waals surface area contributed by atoms with E-state index in [1.165, 1.54) is 6.42 Å². The standard InChI is InChI=1S/C12H17N3S/c1-3-10-6-8-16-12(14-10)15-11-5-4-7-13-9(11)2/h4-5,7,10H,3,6,8H2,1-2H3,(H,14,15). The van der Waals surface area contributed by atoms with Gasteiger partial charge in [0.05, 0.1) is 17.4 Å². The Morgan fingerprint density at radius 3 is 3.19 bits per heavy atom. The second-order valence-corrected chi connectivity index (χ2v) is 4.98. The molecule has 1 N–H and O–H groups in total. The van der Waals surface area contributed by atoms with Gasteiger partial charge >= 0.3 is 0 Å². The predicted molar refractivity (Wildman–Crippen MR) is 71.2 cm³/mol. The molecule has 1 aliphatic rings. The van der Waals surface area contributed by atoms with Crippen molar-refractivity contribution in [2.75, 3.05) is 11.1 Å². The smallest absolute Gasteiger partial charge is 0.161 e. The highest BCUT2D eigenvalue weighted by molar-refractivity contribution is 8.14. The fourth-order valence-electron chi connectivity index (χ4n) is 1.65. The number of hydrogen-bond donors (Lipinski definition) is 1. The molecule has 16 heavy (non-hydrogen) atoms. The first kappa shape index (κ1) is 11.5. The molecule has 0 saturated heterocycles. The summed E-state index contributed by atoms with van der Waals surface area (Å²) in [6, 6.07) is 4.47. The molecule has 3 nitrogen and oxygen atoms in total. The van der Waals surface area contributed by atoms with Gasteiger partial charge in [0.25, 0.3) is 0 Å². The number of amidine groups is 1. The van der Waals surface area contributed by atoms with Crippen molar-refractivity contribution < 1.29 is 0 Å². The minimum Gasteiger partial charge on any atom is -0.333 e. The largest absolute Gasteiger partial charge is 0.333 e. The third kappa shape index (κ3) is 2.76. The van der Waals surface area contributed by atoms with Crippen molar-refractivity contribution in [3.8, 4) is 0 Å². The summed E-state index contributed by atoms with van der Waals surface area (Å²) in [4.78, 5) is 8.93. The maximum absolute atomic E-state index is 4.68. The van der Waals surface area contributed by atoms with E-state index in [1.54, 1.807) is 11.8 Å². The normalized spacial score (nSPS) is 20.4. The number of rotatable bonds is 2. The molecule has 0 spiro atoms. The quantitative estimate of drug-likeness (QED) is 0.856. The van der Waals surface area contributed by atoms with Crippen LogP contribution in [-0.2, 0) is 0 Å². The Kier molecular flexibility index (Phi) is 3.83. The molecule has 0 fully saturated rings. The molecule has 4 heteroatoms. The number of nitrogens with zero attached hydrogens (tertiary/aromatic N) is 2. The third-order valence-electron chi connectivity index (χ3n) is 2.71. The molecular weight excluding hydrogens is 218 g/mol. The first-order valence-corrected chi connectivity index (χ1v) is 6.67. The van der Waals surface area contributed by atoms with Gasteiger partial charge in [-0.1, -0.05) is 18.7 Å². The Balaban J connectivity index is 2.10.